The van der Waals surface area contributed by atoms with E-state index in [1.165, 1.54) is 4.90 Å². The number of hydrogen-bond donors (Lipinski definition) is 1. The Labute approximate surface area is 173 Å². The summed E-state index contributed by atoms with van der Waals surface area (Å²) in [7, 11) is 0. The predicted octanol–water partition coefficient (Wildman–Crippen LogP) is 3.75. The Kier molecular flexibility index (Phi) is 6.61. The molecule has 0 spiro atoms. The molecule has 7 nitrogen and oxygen atoms in total. The molecule has 8 heteroatoms. The topological polar surface area (TPSA) is 88.1 Å². The molecule has 0 bridgehead atoms. The SMILES string of the molecule is CCOC(=O)/C(CCCN1C(=O)c2ccccc2C1=O)=N\Nc1ccc(Cl)cc1. The van der Waals surface area contributed by atoms with Crippen molar-refractivity contribution in [2.45, 2.75) is 19.8 Å². The van der Waals surface area contributed by atoms with Gasteiger partial charge in [-0.3, -0.25) is 19.9 Å². The third kappa shape index (κ3) is 4.81. The lowest BCUT2D eigenvalue weighted by molar-refractivity contribution is -0.135. The number of hydrazone groups is 1. The van der Waals surface area contributed by atoms with Crippen molar-refractivity contribution in [2.24, 2.45) is 5.10 Å². The van der Waals surface area contributed by atoms with Crippen molar-refractivity contribution in [2.75, 3.05) is 18.6 Å². The van der Waals surface area contributed by atoms with Crippen molar-refractivity contribution in [3.8, 4) is 0 Å². The molecule has 0 fully saturated rings. The Bertz CT molecular complexity index is 922. The summed E-state index contributed by atoms with van der Waals surface area (Å²) in [4.78, 5) is 38.2. The van der Waals surface area contributed by atoms with Crippen molar-refractivity contribution in [1.82, 2.24) is 4.90 Å². The molecule has 1 N–H and O–H groups in total. The van der Waals surface area contributed by atoms with Gasteiger partial charge in [0.25, 0.3) is 11.8 Å². The van der Waals surface area contributed by atoms with E-state index >= 15 is 0 Å². The second-order valence-electron chi connectivity index (χ2n) is 6.31. The van der Waals surface area contributed by atoms with E-state index in [0.717, 1.165) is 0 Å². The number of carbonyl (C=O) groups excluding carboxylic acids is 3. The standard InChI is InChI=1S/C21H20ClN3O4/c1-2-29-21(28)18(24-23-15-11-9-14(22)10-12-15)8-5-13-25-19(26)16-6-3-4-7-17(16)20(25)27/h3-4,6-7,9-12,23H,2,5,8,13H2,1H3/b24-18-. The lowest BCUT2D eigenvalue weighted by Gasteiger charge is -2.14. The number of nitrogens with one attached hydrogen (secondary N) is 1. The van der Waals surface area contributed by atoms with Crippen molar-refractivity contribution in [1.29, 1.82) is 0 Å². The van der Waals surface area contributed by atoms with Crippen LogP contribution in [0, 0.1) is 0 Å². The number of fused-ring (bicyclic) bond motifs is 1. The molecule has 0 saturated heterocycles. The van der Waals surface area contributed by atoms with Gasteiger partial charge in [0.15, 0.2) is 0 Å². The van der Waals surface area contributed by atoms with Crippen molar-refractivity contribution in [3.63, 3.8) is 0 Å². The van der Waals surface area contributed by atoms with Gasteiger partial charge in [0.05, 0.1) is 23.4 Å². The van der Waals surface area contributed by atoms with E-state index in [4.69, 9.17) is 16.3 Å². The Morgan fingerprint density at radius 3 is 2.28 bits per heavy atom. The number of carbonyl (C=O) groups is 3. The second-order valence-corrected chi connectivity index (χ2v) is 6.75. The molecule has 2 aromatic rings. The molecule has 1 heterocycles. The van der Waals surface area contributed by atoms with Gasteiger partial charge in [-0.2, -0.15) is 5.10 Å². The summed E-state index contributed by atoms with van der Waals surface area (Å²) in [6.07, 6.45) is 0.623. The van der Waals surface area contributed by atoms with E-state index in [1.54, 1.807) is 55.5 Å². The highest BCUT2D eigenvalue weighted by Crippen LogP contribution is 2.22. The van der Waals surface area contributed by atoms with Crippen LogP contribution in [0.25, 0.3) is 0 Å². The van der Waals surface area contributed by atoms with Crippen LogP contribution in [0.3, 0.4) is 0 Å². The van der Waals surface area contributed by atoms with E-state index in [0.29, 0.717) is 28.3 Å². The minimum atomic E-state index is -0.545. The van der Waals surface area contributed by atoms with Crippen LogP contribution in [0.2, 0.25) is 5.02 Å². The second kappa shape index (κ2) is 9.34. The zero-order valence-corrected chi connectivity index (χ0v) is 16.6. The van der Waals surface area contributed by atoms with Gasteiger partial charge < -0.3 is 4.74 Å². The van der Waals surface area contributed by atoms with Crippen LogP contribution >= 0.6 is 11.6 Å². The maximum Gasteiger partial charge on any atom is 0.354 e. The number of imide groups is 1. The van der Waals surface area contributed by atoms with Crippen molar-refractivity contribution >= 4 is 40.8 Å². The van der Waals surface area contributed by atoms with E-state index < -0.39 is 5.97 Å². The van der Waals surface area contributed by atoms with Gasteiger partial charge in [-0.25, -0.2) is 4.79 Å². The normalized spacial score (nSPS) is 13.4. The molecule has 2 amide bonds. The van der Waals surface area contributed by atoms with Crippen LogP contribution in [0.4, 0.5) is 5.69 Å². The number of esters is 1. The van der Waals surface area contributed by atoms with Crippen LogP contribution in [-0.4, -0.2) is 41.5 Å². The van der Waals surface area contributed by atoms with Gasteiger partial charge in [-0.05, 0) is 49.7 Å². The number of hydrogen-bond acceptors (Lipinski definition) is 6. The lowest BCUT2D eigenvalue weighted by Crippen LogP contribution is -2.31. The van der Waals surface area contributed by atoms with Crippen LogP contribution < -0.4 is 5.43 Å². The number of benzene rings is 2. The molecular weight excluding hydrogens is 394 g/mol. The van der Waals surface area contributed by atoms with Gasteiger partial charge in [-0.15, -0.1) is 0 Å². The molecule has 0 atom stereocenters. The fourth-order valence-corrected chi connectivity index (χ4v) is 3.05. The van der Waals surface area contributed by atoms with Gasteiger partial charge in [0.1, 0.15) is 5.71 Å². The average Bonchev–Trinajstić information content (AvgIpc) is 2.97. The Balaban J connectivity index is 1.64. The first-order chi connectivity index (χ1) is 14.0. The maximum absolute atomic E-state index is 12.4. The molecule has 1 aliphatic rings. The summed E-state index contributed by atoms with van der Waals surface area (Å²) >= 11 is 5.86. The molecule has 150 valence electrons. The lowest BCUT2D eigenvalue weighted by atomic mass is 10.1. The summed E-state index contributed by atoms with van der Waals surface area (Å²) in [6.45, 7) is 2.11. The summed E-state index contributed by atoms with van der Waals surface area (Å²) in [5.74, 6) is -1.18. The number of ether oxygens (including phenoxy) is 1. The van der Waals surface area contributed by atoms with Crippen molar-refractivity contribution in [3.05, 3.63) is 64.7 Å². The van der Waals surface area contributed by atoms with Crippen LogP contribution in [0.15, 0.2) is 53.6 Å². The molecular formula is C21H20ClN3O4. The van der Waals surface area contributed by atoms with E-state index in [9.17, 15) is 14.4 Å². The molecule has 2 aromatic carbocycles. The molecule has 0 radical (unpaired) electrons. The molecule has 0 unspecified atom stereocenters. The average molecular weight is 414 g/mol. The summed E-state index contributed by atoms with van der Waals surface area (Å²) in [6, 6.07) is 13.6. The molecule has 0 saturated carbocycles. The smallest absolute Gasteiger partial charge is 0.354 e. The van der Waals surface area contributed by atoms with Gasteiger partial charge in [-0.1, -0.05) is 23.7 Å². The summed E-state index contributed by atoms with van der Waals surface area (Å²) in [5, 5.41) is 4.73. The molecule has 0 aromatic heterocycles. The third-order valence-corrected chi connectivity index (χ3v) is 4.60. The molecule has 3 rings (SSSR count). The minimum absolute atomic E-state index is 0.179. The Hall–Kier alpha value is -3.19. The number of nitrogens with zero attached hydrogens (tertiary/aromatic N) is 2. The van der Waals surface area contributed by atoms with Gasteiger partial charge >= 0.3 is 5.97 Å². The first-order valence-electron chi connectivity index (χ1n) is 9.21. The number of rotatable bonds is 8. The zero-order valence-electron chi connectivity index (χ0n) is 15.9. The zero-order chi connectivity index (χ0) is 20.8. The first-order valence-corrected chi connectivity index (χ1v) is 9.59. The summed E-state index contributed by atoms with van der Waals surface area (Å²) < 4.78 is 5.05. The number of amides is 2. The van der Waals surface area contributed by atoms with Gasteiger partial charge in [0, 0.05) is 18.0 Å². The minimum Gasteiger partial charge on any atom is -0.461 e. The van der Waals surface area contributed by atoms with E-state index in [-0.39, 0.29) is 37.1 Å². The highest BCUT2D eigenvalue weighted by atomic mass is 35.5. The third-order valence-electron chi connectivity index (χ3n) is 4.35. The highest BCUT2D eigenvalue weighted by molar-refractivity contribution is 6.36. The maximum atomic E-state index is 12.4. The van der Waals surface area contributed by atoms with E-state index in [1.807, 2.05) is 0 Å². The Morgan fingerprint density at radius 2 is 1.69 bits per heavy atom. The highest BCUT2D eigenvalue weighted by Gasteiger charge is 2.34. The Morgan fingerprint density at radius 1 is 1.07 bits per heavy atom. The molecule has 0 aliphatic carbocycles. The van der Waals surface area contributed by atoms with Crippen molar-refractivity contribution < 1.29 is 19.1 Å². The fourth-order valence-electron chi connectivity index (χ4n) is 2.92. The van der Waals surface area contributed by atoms with Gasteiger partial charge in [0.2, 0.25) is 0 Å². The fraction of sp³-hybridized carbons (Fsp3) is 0.238. The number of anilines is 1. The molecule has 1 aliphatic heterocycles. The predicted molar refractivity (Wildman–Crippen MR) is 110 cm³/mol. The van der Waals surface area contributed by atoms with Crippen LogP contribution in [0.1, 0.15) is 40.5 Å². The number of halogens is 1. The van der Waals surface area contributed by atoms with E-state index in [2.05, 4.69) is 10.5 Å². The first kappa shape index (κ1) is 20.5. The quantitative estimate of drug-likeness (QED) is 0.308. The van der Waals surface area contributed by atoms with Crippen LogP contribution in [0.5, 0.6) is 0 Å². The van der Waals surface area contributed by atoms with Crippen LogP contribution in [-0.2, 0) is 9.53 Å². The largest absolute Gasteiger partial charge is 0.461 e. The molecule has 29 heavy (non-hydrogen) atoms. The monoisotopic (exact) mass is 413 g/mol. The summed E-state index contributed by atoms with van der Waals surface area (Å²) in [5.41, 5.74) is 4.45.